The number of benzene rings is 1. The van der Waals surface area contributed by atoms with Crippen LogP contribution in [0, 0.1) is 5.92 Å². The molecule has 2 atom stereocenters. The summed E-state index contributed by atoms with van der Waals surface area (Å²) in [7, 11) is 0. The quantitative estimate of drug-likeness (QED) is 0.580. The summed E-state index contributed by atoms with van der Waals surface area (Å²) >= 11 is 6.24. The molecule has 23 heavy (non-hydrogen) atoms. The Kier molecular flexibility index (Phi) is 5.26. The Morgan fingerprint density at radius 1 is 1.35 bits per heavy atom. The van der Waals surface area contributed by atoms with Gasteiger partial charge in [0.05, 0.1) is 6.54 Å². The van der Waals surface area contributed by atoms with Gasteiger partial charge in [-0.3, -0.25) is 0 Å². The van der Waals surface area contributed by atoms with Crippen molar-refractivity contribution >= 4 is 11.6 Å². The fraction of sp³-hybridized carbons (Fsp3) is 0.444. The molecule has 0 amide bonds. The first-order chi connectivity index (χ1) is 11.1. The fourth-order valence-corrected chi connectivity index (χ4v) is 3.12. The number of hydrogen-bond donors (Lipinski definition) is 4. The predicted molar refractivity (Wildman–Crippen MR) is 95.9 cm³/mol. The number of hydrogen-bond acceptors (Lipinski definition) is 4. The summed E-state index contributed by atoms with van der Waals surface area (Å²) in [6, 6.07) is 8.27. The minimum absolute atomic E-state index is 0.317. The smallest absolute Gasteiger partial charge is 0.102 e. The lowest BCUT2D eigenvalue weighted by atomic mass is 10.1. The largest absolute Gasteiger partial charge is 0.385 e. The summed E-state index contributed by atoms with van der Waals surface area (Å²) in [4.78, 5) is 0. The van der Waals surface area contributed by atoms with E-state index >= 15 is 0 Å². The fourth-order valence-electron chi connectivity index (χ4n) is 2.87. The zero-order valence-electron chi connectivity index (χ0n) is 13.5. The topological polar surface area (TPSA) is 62.1 Å². The molecule has 0 aromatic heterocycles. The Balaban J connectivity index is 1.67. The monoisotopic (exact) mass is 332 g/mol. The highest BCUT2D eigenvalue weighted by molar-refractivity contribution is 6.31. The molecule has 1 aliphatic heterocycles. The van der Waals surface area contributed by atoms with Crippen LogP contribution >= 0.6 is 11.6 Å². The van der Waals surface area contributed by atoms with Crippen LogP contribution in [-0.4, -0.2) is 19.1 Å². The molecule has 124 valence electrons. The van der Waals surface area contributed by atoms with Crippen molar-refractivity contribution in [2.24, 2.45) is 11.7 Å². The van der Waals surface area contributed by atoms with Crippen LogP contribution in [0.2, 0.25) is 5.02 Å². The van der Waals surface area contributed by atoms with Crippen LogP contribution in [0.15, 0.2) is 47.8 Å². The molecule has 1 aromatic rings. The second kappa shape index (κ2) is 7.39. The van der Waals surface area contributed by atoms with Gasteiger partial charge in [0.15, 0.2) is 0 Å². The summed E-state index contributed by atoms with van der Waals surface area (Å²) in [6.07, 6.45) is 6.49. The van der Waals surface area contributed by atoms with Crippen LogP contribution in [0.3, 0.4) is 0 Å². The SMILES string of the molecule is CC(NCC1=C(NC(N)c2ccccc2Cl)CNC=C1)C1CC1. The van der Waals surface area contributed by atoms with Gasteiger partial charge in [0, 0.05) is 28.9 Å². The van der Waals surface area contributed by atoms with Crippen LogP contribution in [0.1, 0.15) is 31.5 Å². The van der Waals surface area contributed by atoms with Crippen LogP contribution in [0.25, 0.3) is 0 Å². The van der Waals surface area contributed by atoms with E-state index < -0.39 is 0 Å². The van der Waals surface area contributed by atoms with Gasteiger partial charge in [0.25, 0.3) is 0 Å². The van der Waals surface area contributed by atoms with E-state index in [9.17, 15) is 0 Å². The van der Waals surface area contributed by atoms with Crippen molar-refractivity contribution in [3.8, 4) is 0 Å². The molecule has 4 nitrogen and oxygen atoms in total. The van der Waals surface area contributed by atoms with Crippen molar-refractivity contribution < 1.29 is 0 Å². The number of dihydropyridines is 1. The molecule has 1 aliphatic carbocycles. The molecular formula is C18H25ClN4. The van der Waals surface area contributed by atoms with Gasteiger partial charge >= 0.3 is 0 Å². The summed E-state index contributed by atoms with van der Waals surface area (Å²) in [5.41, 5.74) is 9.58. The van der Waals surface area contributed by atoms with Crippen molar-refractivity contribution in [1.29, 1.82) is 0 Å². The summed E-state index contributed by atoms with van der Waals surface area (Å²) in [5.74, 6) is 0.850. The second-order valence-electron chi connectivity index (χ2n) is 6.37. The molecule has 1 heterocycles. The molecule has 5 heteroatoms. The summed E-state index contributed by atoms with van der Waals surface area (Å²) < 4.78 is 0. The first kappa shape index (κ1) is 16.4. The van der Waals surface area contributed by atoms with E-state index in [1.807, 2.05) is 30.5 Å². The Labute approximate surface area is 143 Å². The molecular weight excluding hydrogens is 308 g/mol. The molecule has 3 rings (SSSR count). The third-order valence-electron chi connectivity index (χ3n) is 4.58. The van der Waals surface area contributed by atoms with Crippen molar-refractivity contribution in [2.45, 2.75) is 32.0 Å². The van der Waals surface area contributed by atoms with Gasteiger partial charge in [-0.15, -0.1) is 0 Å². The van der Waals surface area contributed by atoms with Crippen LogP contribution in [0.5, 0.6) is 0 Å². The van der Waals surface area contributed by atoms with Crippen molar-refractivity contribution in [3.63, 3.8) is 0 Å². The van der Waals surface area contributed by atoms with Crippen molar-refractivity contribution in [2.75, 3.05) is 13.1 Å². The maximum absolute atomic E-state index is 6.30. The predicted octanol–water partition coefficient (Wildman–Crippen LogP) is 2.65. The van der Waals surface area contributed by atoms with E-state index in [0.717, 1.165) is 30.3 Å². The Hall–Kier alpha value is -1.49. The molecule has 0 bridgehead atoms. The van der Waals surface area contributed by atoms with E-state index in [1.54, 1.807) is 0 Å². The normalized spacial score (nSPS) is 20.1. The standard InChI is InChI=1S/C18H25ClN4/c1-12(13-6-7-13)22-10-14-8-9-21-11-17(14)23-18(20)15-4-2-3-5-16(15)19/h2-5,8-9,12-13,18,21-23H,6-7,10-11,20H2,1H3. The highest BCUT2D eigenvalue weighted by Crippen LogP contribution is 2.32. The van der Waals surface area contributed by atoms with Crippen LogP contribution in [0.4, 0.5) is 0 Å². The first-order valence-electron chi connectivity index (χ1n) is 8.27. The Morgan fingerprint density at radius 3 is 2.87 bits per heavy atom. The van der Waals surface area contributed by atoms with Gasteiger partial charge in [-0.2, -0.15) is 0 Å². The Bertz CT molecular complexity index is 607. The van der Waals surface area contributed by atoms with Crippen LogP contribution in [-0.2, 0) is 0 Å². The summed E-state index contributed by atoms with van der Waals surface area (Å²) in [6.45, 7) is 3.88. The van der Waals surface area contributed by atoms with Crippen molar-refractivity contribution in [3.05, 3.63) is 58.4 Å². The lowest BCUT2D eigenvalue weighted by Crippen LogP contribution is -2.37. The first-order valence-corrected chi connectivity index (χ1v) is 8.65. The lowest BCUT2D eigenvalue weighted by molar-refractivity contribution is 0.514. The van der Waals surface area contributed by atoms with E-state index in [1.165, 1.54) is 18.4 Å². The minimum atomic E-state index is -0.317. The number of nitrogens with one attached hydrogen (secondary N) is 3. The van der Waals surface area contributed by atoms with E-state index in [4.69, 9.17) is 17.3 Å². The molecule has 5 N–H and O–H groups in total. The van der Waals surface area contributed by atoms with Crippen LogP contribution < -0.4 is 21.7 Å². The molecule has 0 saturated heterocycles. The Morgan fingerprint density at radius 2 is 2.13 bits per heavy atom. The molecule has 0 radical (unpaired) electrons. The summed E-state index contributed by atoms with van der Waals surface area (Å²) in [5, 5.41) is 11.0. The van der Waals surface area contributed by atoms with Gasteiger partial charge in [0.1, 0.15) is 6.17 Å². The highest BCUT2D eigenvalue weighted by atomic mass is 35.5. The van der Waals surface area contributed by atoms with Gasteiger partial charge in [0.2, 0.25) is 0 Å². The number of rotatable bonds is 7. The van der Waals surface area contributed by atoms with E-state index in [2.05, 4.69) is 29.0 Å². The lowest BCUT2D eigenvalue weighted by Gasteiger charge is -2.25. The average Bonchev–Trinajstić information content (AvgIpc) is 3.39. The third-order valence-corrected chi connectivity index (χ3v) is 4.93. The highest BCUT2D eigenvalue weighted by Gasteiger charge is 2.27. The maximum atomic E-state index is 6.30. The molecule has 0 spiro atoms. The zero-order valence-corrected chi connectivity index (χ0v) is 14.2. The molecule has 1 fully saturated rings. The van der Waals surface area contributed by atoms with Gasteiger partial charge in [-0.1, -0.05) is 29.8 Å². The van der Waals surface area contributed by atoms with E-state index in [-0.39, 0.29) is 6.17 Å². The minimum Gasteiger partial charge on any atom is -0.385 e. The molecule has 2 unspecified atom stereocenters. The number of halogens is 1. The zero-order chi connectivity index (χ0) is 16.2. The molecule has 1 saturated carbocycles. The van der Waals surface area contributed by atoms with Gasteiger partial charge in [-0.25, -0.2) is 0 Å². The van der Waals surface area contributed by atoms with Crippen molar-refractivity contribution in [1.82, 2.24) is 16.0 Å². The van der Waals surface area contributed by atoms with Gasteiger partial charge < -0.3 is 21.7 Å². The average molecular weight is 333 g/mol. The molecule has 1 aromatic carbocycles. The maximum Gasteiger partial charge on any atom is 0.102 e. The number of nitrogens with two attached hydrogens (primary N) is 1. The van der Waals surface area contributed by atoms with E-state index in [0.29, 0.717) is 11.1 Å². The van der Waals surface area contributed by atoms with Gasteiger partial charge in [-0.05, 0) is 49.6 Å². The molecule has 2 aliphatic rings. The third kappa shape index (κ3) is 4.28. The second-order valence-corrected chi connectivity index (χ2v) is 6.78.